The van der Waals surface area contributed by atoms with Crippen LogP contribution in [0.3, 0.4) is 0 Å². The standard InChI is InChI=1S/C10H11N3OS/c1-5-4-15-10(11-5)8-12-7(3)6(2)9(14)13-8/h4H,1-3H3,(H,12,13,14). The molecular weight excluding hydrogens is 210 g/mol. The van der Waals surface area contributed by atoms with Gasteiger partial charge in [0, 0.05) is 22.3 Å². The highest BCUT2D eigenvalue weighted by atomic mass is 32.1. The van der Waals surface area contributed by atoms with E-state index in [0.717, 1.165) is 16.4 Å². The summed E-state index contributed by atoms with van der Waals surface area (Å²) >= 11 is 1.48. The maximum atomic E-state index is 11.5. The summed E-state index contributed by atoms with van der Waals surface area (Å²) in [5.74, 6) is 0.557. The van der Waals surface area contributed by atoms with Gasteiger partial charge in [0.2, 0.25) is 0 Å². The first kappa shape index (κ1) is 10.0. The van der Waals surface area contributed by atoms with E-state index >= 15 is 0 Å². The van der Waals surface area contributed by atoms with Crippen LogP contribution in [0, 0.1) is 20.8 Å². The van der Waals surface area contributed by atoms with E-state index < -0.39 is 0 Å². The summed E-state index contributed by atoms with van der Waals surface area (Å²) in [6.45, 7) is 5.51. The van der Waals surface area contributed by atoms with Crippen molar-refractivity contribution in [2.75, 3.05) is 0 Å². The van der Waals surface area contributed by atoms with Crippen molar-refractivity contribution in [3.8, 4) is 10.8 Å². The van der Waals surface area contributed by atoms with Gasteiger partial charge < -0.3 is 4.98 Å². The number of aromatic amines is 1. The molecule has 2 aromatic heterocycles. The minimum atomic E-state index is -0.0923. The molecule has 0 bridgehead atoms. The topological polar surface area (TPSA) is 58.6 Å². The first-order valence-electron chi connectivity index (χ1n) is 4.58. The quantitative estimate of drug-likeness (QED) is 0.799. The largest absolute Gasteiger partial charge is 0.304 e. The third-order valence-corrected chi connectivity index (χ3v) is 3.18. The minimum absolute atomic E-state index is 0.0923. The van der Waals surface area contributed by atoms with E-state index in [-0.39, 0.29) is 5.56 Å². The number of nitrogens with zero attached hydrogens (tertiary/aromatic N) is 2. The van der Waals surface area contributed by atoms with Crippen LogP contribution < -0.4 is 5.56 Å². The van der Waals surface area contributed by atoms with Crippen LogP contribution in [-0.4, -0.2) is 15.0 Å². The van der Waals surface area contributed by atoms with Crippen molar-refractivity contribution in [1.82, 2.24) is 15.0 Å². The SMILES string of the molecule is Cc1csc(-c2nc(C)c(C)c(=O)[nH]2)n1. The maximum absolute atomic E-state index is 11.5. The van der Waals surface area contributed by atoms with E-state index in [9.17, 15) is 4.79 Å². The molecule has 1 N–H and O–H groups in total. The Morgan fingerprint density at radius 2 is 2.00 bits per heavy atom. The number of hydrogen-bond donors (Lipinski definition) is 1. The summed E-state index contributed by atoms with van der Waals surface area (Å²) in [5.41, 5.74) is 2.26. The van der Waals surface area contributed by atoms with Gasteiger partial charge in [-0.1, -0.05) is 0 Å². The lowest BCUT2D eigenvalue weighted by atomic mass is 10.3. The van der Waals surface area contributed by atoms with Crippen LogP contribution in [0.25, 0.3) is 10.8 Å². The second kappa shape index (κ2) is 3.58. The molecule has 0 spiro atoms. The van der Waals surface area contributed by atoms with Crippen LogP contribution in [0.4, 0.5) is 0 Å². The van der Waals surface area contributed by atoms with Crippen molar-refractivity contribution in [2.24, 2.45) is 0 Å². The molecular formula is C10H11N3OS. The Kier molecular flexibility index (Phi) is 2.40. The Morgan fingerprint density at radius 1 is 1.27 bits per heavy atom. The third-order valence-electron chi connectivity index (χ3n) is 2.22. The molecule has 5 heteroatoms. The maximum Gasteiger partial charge on any atom is 0.254 e. The Labute approximate surface area is 91.0 Å². The number of aromatic nitrogens is 3. The van der Waals surface area contributed by atoms with Gasteiger partial charge >= 0.3 is 0 Å². The van der Waals surface area contributed by atoms with Crippen LogP contribution in [-0.2, 0) is 0 Å². The molecule has 0 saturated heterocycles. The fraction of sp³-hybridized carbons (Fsp3) is 0.300. The highest BCUT2D eigenvalue weighted by Gasteiger charge is 2.08. The summed E-state index contributed by atoms with van der Waals surface area (Å²) in [6, 6.07) is 0. The summed E-state index contributed by atoms with van der Waals surface area (Å²) in [7, 11) is 0. The number of thiazole rings is 1. The van der Waals surface area contributed by atoms with Gasteiger partial charge in [0.25, 0.3) is 5.56 Å². The number of nitrogens with one attached hydrogen (secondary N) is 1. The van der Waals surface area contributed by atoms with Crippen LogP contribution in [0.15, 0.2) is 10.2 Å². The lowest BCUT2D eigenvalue weighted by Crippen LogP contribution is -2.14. The molecule has 0 fully saturated rings. The van der Waals surface area contributed by atoms with Crippen molar-refractivity contribution in [2.45, 2.75) is 20.8 Å². The zero-order valence-corrected chi connectivity index (χ0v) is 9.60. The van der Waals surface area contributed by atoms with E-state index in [1.807, 2.05) is 19.2 Å². The fourth-order valence-electron chi connectivity index (χ4n) is 1.21. The minimum Gasteiger partial charge on any atom is -0.304 e. The molecule has 2 aromatic rings. The van der Waals surface area contributed by atoms with E-state index in [4.69, 9.17) is 0 Å². The van der Waals surface area contributed by atoms with Gasteiger partial charge in [-0.05, 0) is 20.8 Å². The molecule has 15 heavy (non-hydrogen) atoms. The molecule has 0 saturated carbocycles. The second-order valence-corrected chi connectivity index (χ2v) is 4.28. The second-order valence-electron chi connectivity index (χ2n) is 3.42. The van der Waals surface area contributed by atoms with E-state index in [0.29, 0.717) is 11.4 Å². The Morgan fingerprint density at radius 3 is 2.53 bits per heavy atom. The van der Waals surface area contributed by atoms with Crippen molar-refractivity contribution < 1.29 is 0 Å². The monoisotopic (exact) mass is 221 g/mol. The lowest BCUT2D eigenvalue weighted by Gasteiger charge is -2.00. The Balaban J connectivity index is 2.60. The lowest BCUT2D eigenvalue weighted by molar-refractivity contribution is 1.02. The number of hydrogen-bond acceptors (Lipinski definition) is 4. The van der Waals surface area contributed by atoms with Crippen LogP contribution in [0.1, 0.15) is 17.0 Å². The normalized spacial score (nSPS) is 10.6. The van der Waals surface area contributed by atoms with Gasteiger partial charge in [-0.2, -0.15) is 0 Å². The van der Waals surface area contributed by atoms with Crippen molar-refractivity contribution in [3.63, 3.8) is 0 Å². The predicted molar refractivity (Wildman–Crippen MR) is 60.2 cm³/mol. The smallest absolute Gasteiger partial charge is 0.254 e. The molecule has 0 aromatic carbocycles. The molecule has 0 aliphatic heterocycles. The zero-order chi connectivity index (χ0) is 11.0. The van der Waals surface area contributed by atoms with Crippen LogP contribution >= 0.6 is 11.3 Å². The first-order valence-corrected chi connectivity index (χ1v) is 5.46. The number of H-pyrrole nitrogens is 1. The van der Waals surface area contributed by atoms with Crippen LogP contribution in [0.5, 0.6) is 0 Å². The highest BCUT2D eigenvalue weighted by Crippen LogP contribution is 2.19. The van der Waals surface area contributed by atoms with E-state index in [2.05, 4.69) is 15.0 Å². The predicted octanol–water partition coefficient (Wildman–Crippen LogP) is 1.82. The van der Waals surface area contributed by atoms with E-state index in [1.165, 1.54) is 11.3 Å². The van der Waals surface area contributed by atoms with Gasteiger partial charge in [0.15, 0.2) is 10.8 Å². The molecule has 0 unspecified atom stereocenters. The molecule has 0 amide bonds. The average Bonchev–Trinajstić information content (AvgIpc) is 2.60. The zero-order valence-electron chi connectivity index (χ0n) is 8.79. The van der Waals surface area contributed by atoms with Gasteiger partial charge in [-0.3, -0.25) is 4.79 Å². The summed E-state index contributed by atoms with van der Waals surface area (Å²) < 4.78 is 0. The Hall–Kier alpha value is -1.49. The molecule has 0 atom stereocenters. The third kappa shape index (κ3) is 1.83. The fourth-order valence-corrected chi connectivity index (χ4v) is 1.95. The number of rotatable bonds is 1. The molecule has 78 valence electrons. The van der Waals surface area contributed by atoms with Gasteiger partial charge in [0.1, 0.15) is 0 Å². The van der Waals surface area contributed by atoms with Gasteiger partial charge in [0.05, 0.1) is 0 Å². The molecule has 2 rings (SSSR count). The van der Waals surface area contributed by atoms with E-state index in [1.54, 1.807) is 6.92 Å². The summed E-state index contributed by atoms with van der Waals surface area (Å²) in [4.78, 5) is 22.8. The summed E-state index contributed by atoms with van der Waals surface area (Å²) in [6.07, 6.45) is 0. The molecule has 2 heterocycles. The van der Waals surface area contributed by atoms with Gasteiger partial charge in [-0.25, -0.2) is 9.97 Å². The molecule has 4 nitrogen and oxygen atoms in total. The van der Waals surface area contributed by atoms with Crippen molar-refractivity contribution in [1.29, 1.82) is 0 Å². The van der Waals surface area contributed by atoms with Crippen LogP contribution in [0.2, 0.25) is 0 Å². The van der Waals surface area contributed by atoms with Gasteiger partial charge in [-0.15, -0.1) is 11.3 Å². The highest BCUT2D eigenvalue weighted by molar-refractivity contribution is 7.13. The first-order chi connectivity index (χ1) is 7.08. The average molecular weight is 221 g/mol. The molecule has 0 aliphatic rings. The number of aryl methyl sites for hydroxylation is 2. The molecule has 0 radical (unpaired) electrons. The summed E-state index contributed by atoms with van der Waals surface area (Å²) in [5, 5.41) is 2.69. The van der Waals surface area contributed by atoms with Crippen molar-refractivity contribution >= 4 is 11.3 Å². The molecule has 0 aliphatic carbocycles. The van der Waals surface area contributed by atoms with Crippen molar-refractivity contribution in [3.05, 3.63) is 32.7 Å². The Bertz CT molecular complexity index is 556.